The number of sulfone groups is 1. The Morgan fingerprint density at radius 1 is 1.54 bits per heavy atom. The van der Waals surface area contributed by atoms with E-state index in [1.54, 1.807) is 0 Å². The summed E-state index contributed by atoms with van der Waals surface area (Å²) in [5.41, 5.74) is 8.69. The van der Waals surface area contributed by atoms with Crippen LogP contribution in [-0.2, 0) is 9.84 Å². The van der Waals surface area contributed by atoms with E-state index in [2.05, 4.69) is 11.4 Å². The summed E-state index contributed by atoms with van der Waals surface area (Å²) in [5.74, 6) is 0.255. The molecule has 1 unspecified atom stereocenters. The normalized spacial score (nSPS) is 13.5. The summed E-state index contributed by atoms with van der Waals surface area (Å²) in [6, 6.07) is 0. The SMILES string of the molecule is C=CC(CC(C)C)S(=O)(=O)C=[N+]=[N-]. The summed E-state index contributed by atoms with van der Waals surface area (Å²) in [7, 11) is -3.48. The van der Waals surface area contributed by atoms with E-state index < -0.39 is 15.1 Å². The van der Waals surface area contributed by atoms with Crippen LogP contribution in [0.15, 0.2) is 12.7 Å². The largest absolute Gasteiger partial charge is 0.370 e. The van der Waals surface area contributed by atoms with E-state index in [4.69, 9.17) is 5.53 Å². The molecule has 0 aliphatic rings. The highest BCUT2D eigenvalue weighted by Crippen LogP contribution is 2.12. The molecular formula is C8H14N2O2S. The van der Waals surface area contributed by atoms with Gasteiger partial charge in [-0.1, -0.05) is 19.9 Å². The molecule has 0 saturated heterocycles. The maximum absolute atomic E-state index is 11.3. The van der Waals surface area contributed by atoms with Crippen LogP contribution in [0.5, 0.6) is 0 Å². The Kier molecular flexibility index (Phi) is 4.59. The summed E-state index contributed by atoms with van der Waals surface area (Å²) in [6.45, 7) is 7.28. The van der Waals surface area contributed by atoms with Gasteiger partial charge in [0.05, 0.1) is 5.25 Å². The summed E-state index contributed by atoms with van der Waals surface area (Å²) >= 11 is 0. The average molecular weight is 202 g/mol. The number of hydrogen-bond acceptors (Lipinski definition) is 2. The first-order chi connectivity index (χ1) is 5.94. The monoisotopic (exact) mass is 202 g/mol. The van der Waals surface area contributed by atoms with Gasteiger partial charge in [-0.15, -0.1) is 6.58 Å². The first-order valence-corrected chi connectivity index (χ1v) is 5.59. The van der Waals surface area contributed by atoms with Crippen LogP contribution >= 0.6 is 0 Å². The third kappa shape index (κ3) is 4.01. The second-order valence-electron chi connectivity index (χ2n) is 3.21. The van der Waals surface area contributed by atoms with Crippen LogP contribution in [-0.4, -0.2) is 24.0 Å². The van der Waals surface area contributed by atoms with Crippen LogP contribution in [0.4, 0.5) is 0 Å². The van der Waals surface area contributed by atoms with E-state index in [0.29, 0.717) is 12.0 Å². The topological polar surface area (TPSA) is 70.5 Å². The zero-order chi connectivity index (χ0) is 10.5. The zero-order valence-corrected chi connectivity index (χ0v) is 8.66. The predicted molar refractivity (Wildman–Crippen MR) is 52.0 cm³/mol. The third-order valence-corrected chi connectivity index (χ3v) is 3.20. The van der Waals surface area contributed by atoms with Crippen molar-refractivity contribution < 1.29 is 13.2 Å². The number of nitrogens with zero attached hydrogens (tertiary/aromatic N) is 2. The second-order valence-corrected chi connectivity index (χ2v) is 5.21. The molecule has 0 radical (unpaired) electrons. The molecule has 0 aliphatic carbocycles. The minimum Gasteiger partial charge on any atom is -0.361 e. The van der Waals surface area contributed by atoms with Gasteiger partial charge in [-0.25, -0.2) is 8.42 Å². The van der Waals surface area contributed by atoms with E-state index in [9.17, 15) is 8.42 Å². The summed E-state index contributed by atoms with van der Waals surface area (Å²) < 4.78 is 22.6. The van der Waals surface area contributed by atoms with Crippen LogP contribution in [0.2, 0.25) is 0 Å². The first kappa shape index (κ1) is 12.1. The van der Waals surface area contributed by atoms with Crippen LogP contribution in [0.1, 0.15) is 20.3 Å². The van der Waals surface area contributed by atoms with Gasteiger partial charge in [-0.2, -0.15) is 4.79 Å². The molecule has 4 nitrogen and oxygen atoms in total. The lowest BCUT2D eigenvalue weighted by Gasteiger charge is -2.10. The molecule has 0 heterocycles. The van der Waals surface area contributed by atoms with Gasteiger partial charge in [0.2, 0.25) is 0 Å². The Hall–Kier alpha value is -0.930. The first-order valence-electron chi connectivity index (χ1n) is 3.98. The molecule has 13 heavy (non-hydrogen) atoms. The maximum atomic E-state index is 11.3. The molecule has 0 aromatic carbocycles. The van der Waals surface area contributed by atoms with Crippen molar-refractivity contribution in [2.45, 2.75) is 25.5 Å². The van der Waals surface area contributed by atoms with E-state index in [1.165, 1.54) is 6.08 Å². The van der Waals surface area contributed by atoms with E-state index >= 15 is 0 Å². The minimum absolute atomic E-state index is 0.255. The van der Waals surface area contributed by atoms with Crippen molar-refractivity contribution >= 4 is 15.4 Å². The average Bonchev–Trinajstić information content (AvgIpc) is 1.99. The van der Waals surface area contributed by atoms with Crippen molar-refractivity contribution in [1.29, 1.82) is 0 Å². The van der Waals surface area contributed by atoms with Crippen molar-refractivity contribution in [3.8, 4) is 0 Å². The van der Waals surface area contributed by atoms with E-state index in [0.717, 1.165) is 0 Å². The maximum Gasteiger partial charge on any atom is 0.370 e. The summed E-state index contributed by atoms with van der Waals surface area (Å²) in [6.07, 6.45) is 1.84. The fraction of sp³-hybridized carbons (Fsp3) is 0.625. The standard InChI is InChI=1S/C8H14N2O2S/c1-4-8(5-7(2)3)13(11,12)6-10-9/h4,6-8H,1,5H2,2-3H3. The summed E-state index contributed by atoms with van der Waals surface area (Å²) in [5, 5.41) is -0.664. The lowest BCUT2D eigenvalue weighted by atomic mass is 10.1. The molecule has 0 N–H and O–H groups in total. The van der Waals surface area contributed by atoms with Gasteiger partial charge in [0.25, 0.3) is 9.84 Å². The van der Waals surface area contributed by atoms with Gasteiger partial charge < -0.3 is 5.53 Å². The van der Waals surface area contributed by atoms with Gasteiger partial charge in [0, 0.05) is 0 Å². The van der Waals surface area contributed by atoms with Gasteiger partial charge in [-0.05, 0) is 12.3 Å². The highest BCUT2D eigenvalue weighted by molar-refractivity contribution is 8.04. The van der Waals surface area contributed by atoms with E-state index in [-0.39, 0.29) is 5.92 Å². The van der Waals surface area contributed by atoms with Gasteiger partial charge in [0.1, 0.15) is 0 Å². The van der Waals surface area contributed by atoms with Crippen molar-refractivity contribution in [2.24, 2.45) is 5.92 Å². The molecule has 0 aromatic heterocycles. The quantitative estimate of drug-likeness (QED) is 0.221. The van der Waals surface area contributed by atoms with Crippen molar-refractivity contribution in [1.82, 2.24) is 0 Å². The lowest BCUT2D eigenvalue weighted by Crippen LogP contribution is -2.21. The Bertz CT molecular complexity index is 313. The van der Waals surface area contributed by atoms with Crippen molar-refractivity contribution in [3.63, 3.8) is 0 Å². The molecule has 0 bridgehead atoms. The second kappa shape index (κ2) is 4.94. The van der Waals surface area contributed by atoms with Crippen LogP contribution < -0.4 is 0 Å². The molecule has 0 spiro atoms. The molecule has 5 heteroatoms. The Morgan fingerprint density at radius 2 is 2.08 bits per heavy atom. The van der Waals surface area contributed by atoms with Gasteiger partial charge in [-0.3, -0.25) is 0 Å². The molecule has 1 atom stereocenters. The van der Waals surface area contributed by atoms with Gasteiger partial charge >= 0.3 is 5.55 Å². The van der Waals surface area contributed by atoms with Crippen molar-refractivity contribution in [2.75, 3.05) is 0 Å². The lowest BCUT2D eigenvalue weighted by molar-refractivity contribution is 0.00749. The Labute approximate surface area is 78.8 Å². The minimum atomic E-state index is -3.48. The van der Waals surface area contributed by atoms with Crippen molar-refractivity contribution in [3.05, 3.63) is 18.2 Å². The fourth-order valence-corrected chi connectivity index (χ4v) is 2.18. The summed E-state index contributed by atoms with van der Waals surface area (Å²) in [4.78, 5) is 2.52. The van der Waals surface area contributed by atoms with E-state index in [1.807, 2.05) is 13.8 Å². The highest BCUT2D eigenvalue weighted by Gasteiger charge is 2.24. The molecular weight excluding hydrogens is 188 g/mol. The van der Waals surface area contributed by atoms with Gasteiger partial charge in [0.15, 0.2) is 0 Å². The molecule has 0 rings (SSSR count). The van der Waals surface area contributed by atoms with Crippen LogP contribution in [0.3, 0.4) is 0 Å². The molecule has 0 saturated carbocycles. The van der Waals surface area contributed by atoms with Crippen LogP contribution in [0.25, 0.3) is 5.53 Å². The molecule has 74 valence electrons. The predicted octanol–water partition coefficient (Wildman–Crippen LogP) is 1.26. The van der Waals surface area contributed by atoms with Crippen LogP contribution in [0, 0.1) is 5.92 Å². The highest BCUT2D eigenvalue weighted by atomic mass is 32.2. The third-order valence-electron chi connectivity index (χ3n) is 1.58. The molecule has 0 aromatic rings. The Morgan fingerprint density at radius 3 is 2.38 bits per heavy atom. The molecule has 0 amide bonds. The fourth-order valence-electron chi connectivity index (χ4n) is 0.973. The number of rotatable bonds is 5. The smallest absolute Gasteiger partial charge is 0.361 e. The molecule has 0 fully saturated rings. The Balaban J connectivity index is 4.77. The number of hydrogen-bond donors (Lipinski definition) is 0. The molecule has 0 aliphatic heterocycles. The zero-order valence-electron chi connectivity index (χ0n) is 7.84.